The Labute approximate surface area is 167 Å². The number of aliphatic hydroxyl groups excluding tert-OH is 1. The number of benzene rings is 1. The first-order chi connectivity index (χ1) is 13.5. The zero-order valence-corrected chi connectivity index (χ0v) is 16.1. The van der Waals surface area contributed by atoms with Crippen molar-refractivity contribution in [3.05, 3.63) is 64.4 Å². The standard InChI is InChI=1S/C20H19ClN2O5/c1-27-10-9-23-17(12-5-7-22-8-6-12)16(19(25)20(23)26)18(24)13-3-4-14(21)15(11-13)28-2/h3-8,11,17,24H,9-10H2,1-2H3/b18-16-. The van der Waals surface area contributed by atoms with Gasteiger partial charge in [-0.25, -0.2) is 0 Å². The number of Topliss-reactive ketones (excluding diaryl/α,β-unsaturated/α-hetero) is 1. The van der Waals surface area contributed by atoms with Gasteiger partial charge in [-0.2, -0.15) is 0 Å². The average Bonchev–Trinajstić information content (AvgIpc) is 2.97. The van der Waals surface area contributed by atoms with Gasteiger partial charge in [0.2, 0.25) is 0 Å². The van der Waals surface area contributed by atoms with Crippen molar-refractivity contribution in [2.24, 2.45) is 0 Å². The van der Waals surface area contributed by atoms with E-state index in [-0.39, 0.29) is 24.5 Å². The third-order valence-electron chi connectivity index (χ3n) is 4.52. The van der Waals surface area contributed by atoms with Crippen LogP contribution in [0.5, 0.6) is 5.75 Å². The minimum Gasteiger partial charge on any atom is -0.507 e. The van der Waals surface area contributed by atoms with Crippen LogP contribution in [0.3, 0.4) is 0 Å². The van der Waals surface area contributed by atoms with E-state index in [2.05, 4.69) is 4.98 Å². The zero-order valence-electron chi connectivity index (χ0n) is 15.4. The normalized spacial score (nSPS) is 18.5. The number of ether oxygens (including phenoxy) is 2. The molecule has 0 spiro atoms. The fourth-order valence-electron chi connectivity index (χ4n) is 3.16. The van der Waals surface area contributed by atoms with Gasteiger partial charge in [-0.3, -0.25) is 14.6 Å². The van der Waals surface area contributed by atoms with E-state index < -0.39 is 17.7 Å². The molecule has 1 atom stereocenters. The predicted octanol–water partition coefficient (Wildman–Crippen LogP) is 2.81. The number of carbonyl (C=O) groups is 2. The molecule has 1 fully saturated rings. The van der Waals surface area contributed by atoms with Crippen LogP contribution in [0, 0.1) is 0 Å². The van der Waals surface area contributed by atoms with E-state index in [0.29, 0.717) is 21.9 Å². The first kappa shape index (κ1) is 19.9. The van der Waals surface area contributed by atoms with Crippen molar-refractivity contribution in [2.45, 2.75) is 6.04 Å². The number of pyridine rings is 1. The molecule has 7 nitrogen and oxygen atoms in total. The molecule has 1 N–H and O–H groups in total. The summed E-state index contributed by atoms with van der Waals surface area (Å²) in [6.45, 7) is 0.457. The lowest BCUT2D eigenvalue weighted by Crippen LogP contribution is -2.32. The fraction of sp³-hybridized carbons (Fsp3) is 0.250. The van der Waals surface area contributed by atoms with Gasteiger partial charge in [0.15, 0.2) is 0 Å². The highest BCUT2D eigenvalue weighted by molar-refractivity contribution is 6.46. The number of amides is 1. The maximum absolute atomic E-state index is 12.8. The van der Waals surface area contributed by atoms with E-state index in [0.717, 1.165) is 0 Å². The molecule has 1 aliphatic heterocycles. The first-order valence-corrected chi connectivity index (χ1v) is 8.88. The Hall–Kier alpha value is -2.90. The topological polar surface area (TPSA) is 89.0 Å². The number of aliphatic hydroxyl groups is 1. The van der Waals surface area contributed by atoms with E-state index in [1.165, 1.54) is 25.2 Å². The van der Waals surface area contributed by atoms with Crippen LogP contribution in [0.25, 0.3) is 5.76 Å². The number of carbonyl (C=O) groups excluding carboxylic acids is 2. The maximum atomic E-state index is 12.8. The molecule has 146 valence electrons. The molecule has 1 unspecified atom stereocenters. The van der Waals surface area contributed by atoms with Crippen LogP contribution in [0.1, 0.15) is 17.2 Å². The highest BCUT2D eigenvalue weighted by Crippen LogP contribution is 2.39. The second-order valence-corrected chi connectivity index (χ2v) is 6.52. The molecule has 1 aromatic heterocycles. The van der Waals surface area contributed by atoms with Crippen molar-refractivity contribution >= 4 is 29.1 Å². The van der Waals surface area contributed by atoms with Crippen molar-refractivity contribution in [1.29, 1.82) is 0 Å². The molecule has 0 bridgehead atoms. The summed E-state index contributed by atoms with van der Waals surface area (Å²) in [6, 6.07) is 7.28. The molecule has 0 saturated carbocycles. The number of rotatable bonds is 6. The van der Waals surface area contributed by atoms with Crippen LogP contribution in [0.15, 0.2) is 48.3 Å². The molecule has 2 aromatic rings. The summed E-state index contributed by atoms with van der Waals surface area (Å²) in [5, 5.41) is 11.3. The molecule has 1 aliphatic rings. The van der Waals surface area contributed by atoms with Crippen molar-refractivity contribution in [3.8, 4) is 5.75 Å². The third kappa shape index (κ3) is 3.58. The molecule has 2 heterocycles. The summed E-state index contributed by atoms with van der Waals surface area (Å²) < 4.78 is 10.2. The maximum Gasteiger partial charge on any atom is 0.295 e. The Morgan fingerprint density at radius 3 is 2.57 bits per heavy atom. The van der Waals surface area contributed by atoms with E-state index in [4.69, 9.17) is 21.1 Å². The van der Waals surface area contributed by atoms with Crippen LogP contribution in [-0.4, -0.2) is 54.1 Å². The lowest BCUT2D eigenvalue weighted by atomic mass is 9.96. The van der Waals surface area contributed by atoms with E-state index in [1.54, 1.807) is 36.7 Å². The highest BCUT2D eigenvalue weighted by atomic mass is 35.5. The Bertz CT molecular complexity index is 929. The van der Waals surface area contributed by atoms with Gasteiger partial charge in [0.25, 0.3) is 11.7 Å². The monoisotopic (exact) mass is 402 g/mol. The molecule has 3 rings (SSSR count). The van der Waals surface area contributed by atoms with E-state index >= 15 is 0 Å². The number of halogens is 1. The lowest BCUT2D eigenvalue weighted by molar-refractivity contribution is -0.140. The number of hydrogen-bond donors (Lipinski definition) is 1. The second-order valence-electron chi connectivity index (χ2n) is 6.12. The second kappa shape index (κ2) is 8.41. The molecule has 0 radical (unpaired) electrons. The largest absolute Gasteiger partial charge is 0.507 e. The zero-order chi connectivity index (χ0) is 20.3. The van der Waals surface area contributed by atoms with E-state index in [9.17, 15) is 14.7 Å². The third-order valence-corrected chi connectivity index (χ3v) is 4.83. The Balaban J connectivity index is 2.16. The highest BCUT2D eigenvalue weighted by Gasteiger charge is 2.45. The van der Waals surface area contributed by atoms with Gasteiger partial charge in [0, 0.05) is 31.6 Å². The SMILES string of the molecule is COCCN1C(=O)C(=O)/C(=C(\O)c2ccc(Cl)c(OC)c2)C1c1ccncc1. The molecule has 0 aliphatic carbocycles. The van der Waals surface area contributed by atoms with Crippen molar-refractivity contribution in [3.63, 3.8) is 0 Å². The Kier molecular flexibility index (Phi) is 5.96. The Morgan fingerprint density at radius 2 is 1.93 bits per heavy atom. The molecule has 8 heteroatoms. The molecular formula is C20H19ClN2O5. The van der Waals surface area contributed by atoms with Crippen LogP contribution in [0.2, 0.25) is 5.02 Å². The van der Waals surface area contributed by atoms with Crippen molar-refractivity contribution < 1.29 is 24.2 Å². The van der Waals surface area contributed by atoms with Crippen molar-refractivity contribution in [2.75, 3.05) is 27.4 Å². The fourth-order valence-corrected chi connectivity index (χ4v) is 3.35. The smallest absolute Gasteiger partial charge is 0.295 e. The molecule has 1 aromatic carbocycles. The summed E-state index contributed by atoms with van der Waals surface area (Å²) in [5.74, 6) is -1.40. The quantitative estimate of drug-likeness (QED) is 0.454. The van der Waals surface area contributed by atoms with Gasteiger partial charge in [-0.1, -0.05) is 11.6 Å². The van der Waals surface area contributed by atoms with Crippen molar-refractivity contribution in [1.82, 2.24) is 9.88 Å². The minimum atomic E-state index is -0.760. The van der Waals surface area contributed by atoms with Gasteiger partial charge >= 0.3 is 0 Å². The van der Waals surface area contributed by atoms with Gasteiger partial charge < -0.3 is 19.5 Å². The average molecular weight is 403 g/mol. The van der Waals surface area contributed by atoms with Crippen LogP contribution < -0.4 is 4.74 Å². The van der Waals surface area contributed by atoms with Gasteiger partial charge in [0.05, 0.1) is 30.4 Å². The minimum absolute atomic E-state index is 0.00308. The Morgan fingerprint density at radius 1 is 1.21 bits per heavy atom. The van der Waals surface area contributed by atoms with Gasteiger partial charge in [0.1, 0.15) is 11.5 Å². The van der Waals surface area contributed by atoms with Gasteiger partial charge in [-0.15, -0.1) is 0 Å². The van der Waals surface area contributed by atoms with E-state index in [1.807, 2.05) is 0 Å². The molecule has 1 saturated heterocycles. The summed E-state index contributed by atoms with van der Waals surface area (Å²) in [6.07, 6.45) is 3.13. The predicted molar refractivity (Wildman–Crippen MR) is 103 cm³/mol. The van der Waals surface area contributed by atoms with Crippen LogP contribution in [-0.2, 0) is 14.3 Å². The summed E-state index contributed by atoms with van der Waals surface area (Å²) in [7, 11) is 2.96. The first-order valence-electron chi connectivity index (χ1n) is 8.50. The number of hydrogen-bond acceptors (Lipinski definition) is 6. The van der Waals surface area contributed by atoms with Crippen LogP contribution >= 0.6 is 11.6 Å². The molecule has 1 amide bonds. The lowest BCUT2D eigenvalue weighted by Gasteiger charge is -2.24. The molecule has 28 heavy (non-hydrogen) atoms. The number of nitrogens with zero attached hydrogens (tertiary/aromatic N) is 2. The summed E-state index contributed by atoms with van der Waals surface area (Å²) in [5.41, 5.74) is 0.981. The van der Waals surface area contributed by atoms with Gasteiger partial charge in [-0.05, 0) is 35.9 Å². The number of aromatic nitrogens is 1. The molecular weight excluding hydrogens is 384 g/mol. The number of likely N-dealkylation sites (tertiary alicyclic amines) is 1. The number of methoxy groups -OCH3 is 2. The number of ketones is 1. The summed E-state index contributed by atoms with van der Waals surface area (Å²) >= 11 is 6.04. The van der Waals surface area contributed by atoms with Crippen LogP contribution in [0.4, 0.5) is 0 Å². The summed E-state index contributed by atoms with van der Waals surface area (Å²) in [4.78, 5) is 30.8.